The van der Waals surface area contributed by atoms with Crippen LogP contribution in [0.1, 0.15) is 20.5 Å². The molecule has 0 aliphatic rings. The minimum absolute atomic E-state index is 0.0130. The lowest BCUT2D eigenvalue weighted by molar-refractivity contribution is -0.384. The van der Waals surface area contributed by atoms with E-state index in [0.717, 1.165) is 12.1 Å². The van der Waals surface area contributed by atoms with E-state index in [1.807, 2.05) is 0 Å². The van der Waals surface area contributed by atoms with Gasteiger partial charge in [0.2, 0.25) is 0 Å². The van der Waals surface area contributed by atoms with Crippen LogP contribution in [0.3, 0.4) is 0 Å². The fourth-order valence-corrected chi connectivity index (χ4v) is 5.89. The lowest BCUT2D eigenvalue weighted by Crippen LogP contribution is -2.31. The molecule has 11 heteroatoms. The molecule has 3 rings (SSSR count). The number of thiophene rings is 1. The molecule has 1 atom stereocenters. The smallest absolute Gasteiger partial charge is 0.270 e. The summed E-state index contributed by atoms with van der Waals surface area (Å²) >= 11 is 7.26. The third kappa shape index (κ3) is 5.04. The van der Waals surface area contributed by atoms with Crippen molar-refractivity contribution in [3.63, 3.8) is 0 Å². The quantitative estimate of drug-likeness (QED) is 0.380. The van der Waals surface area contributed by atoms with E-state index in [4.69, 9.17) is 16.3 Å². The molecule has 0 aliphatic carbocycles. The van der Waals surface area contributed by atoms with Crippen molar-refractivity contribution in [1.82, 2.24) is 5.32 Å². The van der Waals surface area contributed by atoms with Crippen LogP contribution in [-0.4, -0.2) is 32.9 Å². The number of hydrogen-bond donors (Lipinski definition) is 1. The summed E-state index contributed by atoms with van der Waals surface area (Å²) < 4.78 is 31.6. The van der Waals surface area contributed by atoms with Crippen molar-refractivity contribution in [1.29, 1.82) is 0 Å². The van der Waals surface area contributed by atoms with Crippen molar-refractivity contribution < 1.29 is 22.9 Å². The van der Waals surface area contributed by atoms with E-state index < -0.39 is 25.9 Å². The van der Waals surface area contributed by atoms with Crippen molar-refractivity contribution in [3.05, 3.63) is 85.6 Å². The summed E-state index contributed by atoms with van der Waals surface area (Å²) in [7, 11) is -2.35. The summed E-state index contributed by atoms with van der Waals surface area (Å²) in [5.41, 5.74) is -0.237. The van der Waals surface area contributed by atoms with Crippen molar-refractivity contribution >= 4 is 44.4 Å². The molecule has 1 amide bonds. The maximum atomic E-state index is 13.3. The highest BCUT2D eigenvalue weighted by molar-refractivity contribution is 7.91. The van der Waals surface area contributed by atoms with Gasteiger partial charge >= 0.3 is 0 Å². The number of methoxy groups -OCH3 is 1. The number of ether oxygens (including phenoxy) is 1. The predicted molar refractivity (Wildman–Crippen MR) is 118 cm³/mol. The Morgan fingerprint density at radius 2 is 1.94 bits per heavy atom. The number of carbonyl (C=O) groups is 1. The number of halogens is 1. The summed E-state index contributed by atoms with van der Waals surface area (Å²) in [6.07, 6.45) is 0. The Kier molecular flexibility index (Phi) is 6.94. The van der Waals surface area contributed by atoms with Crippen LogP contribution in [0.25, 0.3) is 0 Å². The first-order chi connectivity index (χ1) is 14.7. The lowest BCUT2D eigenvalue weighted by atomic mass is 10.2. The van der Waals surface area contributed by atoms with Crippen LogP contribution >= 0.6 is 22.9 Å². The van der Waals surface area contributed by atoms with Gasteiger partial charge in [-0.25, -0.2) is 8.42 Å². The first-order valence-electron chi connectivity index (χ1n) is 8.87. The Labute approximate surface area is 187 Å². The maximum absolute atomic E-state index is 13.3. The molecule has 31 heavy (non-hydrogen) atoms. The minimum Gasteiger partial charge on any atom is -0.497 e. The Bertz CT molecular complexity index is 1190. The molecule has 0 radical (unpaired) electrons. The number of non-ortho nitro benzene ring substituents is 1. The van der Waals surface area contributed by atoms with Gasteiger partial charge in [-0.3, -0.25) is 14.9 Å². The van der Waals surface area contributed by atoms with Gasteiger partial charge in [-0.2, -0.15) is 0 Å². The molecule has 0 spiro atoms. The molecule has 1 aromatic heterocycles. The largest absolute Gasteiger partial charge is 0.497 e. The standard InChI is InChI=1S/C20H17ClN2O6S2/c1-29-14-5-7-15(8-6-14)31(27,28)19(18-3-2-10-30-18)12-22-20(24)16-9-4-13(23(25)26)11-17(16)21/h2-11,19H,12H2,1H3,(H,22,24). The van der Waals surface area contributed by atoms with E-state index in [1.165, 1.54) is 36.6 Å². The fraction of sp³-hybridized carbons (Fsp3) is 0.150. The molecule has 0 saturated carbocycles. The second kappa shape index (κ2) is 9.46. The van der Waals surface area contributed by atoms with E-state index in [-0.39, 0.29) is 27.7 Å². The van der Waals surface area contributed by atoms with E-state index in [1.54, 1.807) is 29.6 Å². The van der Waals surface area contributed by atoms with Crippen LogP contribution in [0.5, 0.6) is 5.75 Å². The maximum Gasteiger partial charge on any atom is 0.270 e. The van der Waals surface area contributed by atoms with Gasteiger partial charge in [0.05, 0.1) is 27.5 Å². The zero-order valence-electron chi connectivity index (χ0n) is 16.1. The zero-order chi connectivity index (χ0) is 22.6. The van der Waals surface area contributed by atoms with E-state index in [0.29, 0.717) is 10.6 Å². The summed E-state index contributed by atoms with van der Waals surface area (Å²) in [5.74, 6) is -0.112. The summed E-state index contributed by atoms with van der Waals surface area (Å²) in [5, 5.41) is 14.0. The van der Waals surface area contributed by atoms with Gasteiger partial charge < -0.3 is 10.1 Å². The Morgan fingerprint density at radius 1 is 1.23 bits per heavy atom. The van der Waals surface area contributed by atoms with Gasteiger partial charge in [0.1, 0.15) is 11.0 Å². The van der Waals surface area contributed by atoms with Gasteiger partial charge in [-0.15, -0.1) is 11.3 Å². The highest BCUT2D eigenvalue weighted by atomic mass is 35.5. The molecular formula is C20H17ClN2O6S2. The van der Waals surface area contributed by atoms with Crippen molar-refractivity contribution in [2.75, 3.05) is 13.7 Å². The first-order valence-corrected chi connectivity index (χ1v) is 11.7. The third-order valence-corrected chi connectivity index (χ3v) is 8.03. The number of benzene rings is 2. The number of nitro groups is 1. The predicted octanol–water partition coefficient (Wildman–Crippen LogP) is 4.26. The van der Waals surface area contributed by atoms with Crippen LogP contribution < -0.4 is 10.1 Å². The molecule has 2 aromatic carbocycles. The number of nitro benzene ring substituents is 1. The lowest BCUT2D eigenvalue weighted by Gasteiger charge is -2.18. The van der Waals surface area contributed by atoms with E-state index >= 15 is 0 Å². The zero-order valence-corrected chi connectivity index (χ0v) is 18.5. The number of rotatable bonds is 8. The summed E-state index contributed by atoms with van der Waals surface area (Å²) in [6, 6.07) is 12.9. The molecule has 1 N–H and O–H groups in total. The van der Waals surface area contributed by atoms with Crippen LogP contribution in [0.2, 0.25) is 5.02 Å². The molecule has 3 aromatic rings. The minimum atomic E-state index is -3.84. The van der Waals surface area contributed by atoms with Gasteiger partial charge in [0.25, 0.3) is 11.6 Å². The Morgan fingerprint density at radius 3 is 2.48 bits per heavy atom. The first kappa shape index (κ1) is 22.7. The average molecular weight is 481 g/mol. The fourth-order valence-electron chi connectivity index (χ4n) is 2.85. The van der Waals surface area contributed by atoms with Gasteiger partial charge in [-0.05, 0) is 41.8 Å². The molecule has 0 saturated heterocycles. The SMILES string of the molecule is COc1ccc(S(=O)(=O)C(CNC(=O)c2ccc([N+](=O)[O-])cc2Cl)c2cccs2)cc1. The number of sulfone groups is 1. The molecule has 1 unspecified atom stereocenters. The number of hydrogen-bond acceptors (Lipinski definition) is 7. The highest BCUT2D eigenvalue weighted by Gasteiger charge is 2.31. The second-order valence-corrected chi connectivity index (χ2v) is 9.87. The van der Waals surface area contributed by atoms with Gasteiger partial charge in [0.15, 0.2) is 9.84 Å². The monoisotopic (exact) mass is 480 g/mol. The topological polar surface area (TPSA) is 116 Å². The molecule has 0 bridgehead atoms. The van der Waals surface area contributed by atoms with Crippen LogP contribution in [0.4, 0.5) is 5.69 Å². The van der Waals surface area contributed by atoms with E-state index in [9.17, 15) is 23.3 Å². The van der Waals surface area contributed by atoms with Crippen LogP contribution in [0.15, 0.2) is 64.9 Å². The molecule has 8 nitrogen and oxygen atoms in total. The van der Waals surface area contributed by atoms with Crippen molar-refractivity contribution in [3.8, 4) is 5.75 Å². The van der Waals surface area contributed by atoms with Crippen molar-refractivity contribution in [2.45, 2.75) is 10.1 Å². The van der Waals surface area contributed by atoms with Gasteiger partial charge in [0, 0.05) is 23.6 Å². The number of carbonyl (C=O) groups excluding carboxylic acids is 1. The number of amides is 1. The molecule has 0 fully saturated rings. The third-order valence-electron chi connectivity index (χ3n) is 4.48. The van der Waals surface area contributed by atoms with E-state index in [2.05, 4.69) is 5.32 Å². The summed E-state index contributed by atoms with van der Waals surface area (Å²) in [6.45, 7) is -0.207. The number of nitrogens with zero attached hydrogens (tertiary/aromatic N) is 1. The van der Waals surface area contributed by atoms with Crippen LogP contribution in [-0.2, 0) is 9.84 Å². The Hall–Kier alpha value is -2.95. The van der Waals surface area contributed by atoms with Crippen LogP contribution in [0, 0.1) is 10.1 Å². The van der Waals surface area contributed by atoms with Gasteiger partial charge in [-0.1, -0.05) is 17.7 Å². The second-order valence-electron chi connectivity index (χ2n) is 6.36. The average Bonchev–Trinajstić information content (AvgIpc) is 3.27. The normalized spacial score (nSPS) is 12.2. The summed E-state index contributed by atoms with van der Waals surface area (Å²) in [4.78, 5) is 23.5. The molecule has 0 aliphatic heterocycles. The van der Waals surface area contributed by atoms with Crippen molar-refractivity contribution in [2.24, 2.45) is 0 Å². The highest BCUT2D eigenvalue weighted by Crippen LogP contribution is 2.32. The molecular weight excluding hydrogens is 464 g/mol. The molecule has 162 valence electrons. The number of nitrogens with one attached hydrogen (secondary N) is 1. The Balaban J connectivity index is 1.85. The molecule has 1 heterocycles.